The third-order valence-electron chi connectivity index (χ3n) is 5.36. The average molecular weight is 358 g/mol. The van der Waals surface area contributed by atoms with Crippen molar-refractivity contribution in [1.82, 2.24) is 14.9 Å². The lowest BCUT2D eigenvalue weighted by Crippen LogP contribution is -2.42. The molecule has 1 aromatic carbocycles. The molecule has 2 saturated heterocycles. The lowest BCUT2D eigenvalue weighted by atomic mass is 9.77. The third-order valence-corrected chi connectivity index (χ3v) is 5.36. The van der Waals surface area contributed by atoms with Crippen LogP contribution < -0.4 is 4.90 Å². The summed E-state index contributed by atoms with van der Waals surface area (Å²) < 4.78 is 26.8. The number of nitrogens with zero attached hydrogens (tertiary/aromatic N) is 4. The summed E-state index contributed by atoms with van der Waals surface area (Å²) in [6, 6.07) is 5.21. The summed E-state index contributed by atoms with van der Waals surface area (Å²) in [6.45, 7) is 2.49. The van der Waals surface area contributed by atoms with Crippen LogP contribution in [0.15, 0.2) is 36.7 Å². The van der Waals surface area contributed by atoms with Crippen molar-refractivity contribution < 1.29 is 13.6 Å². The molecular weight excluding hydrogens is 338 g/mol. The lowest BCUT2D eigenvalue weighted by Gasteiger charge is -2.38. The normalized spacial score (nSPS) is 19.4. The average Bonchev–Trinajstić information content (AvgIpc) is 2.90. The molecule has 1 spiro atoms. The minimum Gasteiger partial charge on any atom is -0.341 e. The van der Waals surface area contributed by atoms with E-state index in [1.807, 2.05) is 0 Å². The maximum atomic E-state index is 13.4. The van der Waals surface area contributed by atoms with Crippen LogP contribution >= 0.6 is 0 Å². The summed E-state index contributed by atoms with van der Waals surface area (Å²) in [5.41, 5.74) is 0.428. The SMILES string of the molecule is O=C1CC2(CCN(c3ncccn3)CC2)CN1Cc1cc(F)cc(F)c1. The van der Waals surface area contributed by atoms with Gasteiger partial charge in [-0.05, 0) is 36.6 Å². The van der Waals surface area contributed by atoms with Crippen LogP contribution in [0.3, 0.4) is 0 Å². The van der Waals surface area contributed by atoms with Crippen molar-refractivity contribution in [3.8, 4) is 0 Å². The Kier molecular flexibility index (Phi) is 4.30. The Morgan fingerprint density at radius 2 is 1.69 bits per heavy atom. The Balaban J connectivity index is 1.41. The molecule has 26 heavy (non-hydrogen) atoms. The number of carbonyl (C=O) groups is 1. The van der Waals surface area contributed by atoms with E-state index in [-0.39, 0.29) is 17.9 Å². The van der Waals surface area contributed by atoms with Gasteiger partial charge in [-0.3, -0.25) is 4.79 Å². The summed E-state index contributed by atoms with van der Waals surface area (Å²) >= 11 is 0. The van der Waals surface area contributed by atoms with Crippen molar-refractivity contribution in [2.45, 2.75) is 25.8 Å². The van der Waals surface area contributed by atoms with E-state index in [2.05, 4.69) is 14.9 Å². The number of hydrogen-bond donors (Lipinski definition) is 0. The van der Waals surface area contributed by atoms with Crippen LogP contribution in [0.2, 0.25) is 0 Å². The highest BCUT2D eigenvalue weighted by atomic mass is 19.1. The molecule has 2 fully saturated rings. The second-order valence-electron chi connectivity index (χ2n) is 7.24. The minimum atomic E-state index is -0.613. The molecule has 4 rings (SSSR count). The molecule has 0 saturated carbocycles. The number of amides is 1. The fourth-order valence-corrected chi connectivity index (χ4v) is 4.02. The molecule has 0 radical (unpaired) electrons. The smallest absolute Gasteiger partial charge is 0.225 e. The summed E-state index contributed by atoms with van der Waals surface area (Å²) in [5, 5.41) is 0. The second-order valence-corrected chi connectivity index (χ2v) is 7.24. The van der Waals surface area contributed by atoms with Crippen molar-refractivity contribution in [2.24, 2.45) is 5.41 Å². The molecule has 7 heteroatoms. The van der Waals surface area contributed by atoms with Gasteiger partial charge in [0.2, 0.25) is 11.9 Å². The maximum Gasteiger partial charge on any atom is 0.225 e. The molecule has 136 valence electrons. The first-order valence-corrected chi connectivity index (χ1v) is 8.78. The number of halogens is 2. The summed E-state index contributed by atoms with van der Waals surface area (Å²) in [5.74, 6) is -0.451. The number of piperidine rings is 1. The predicted octanol–water partition coefficient (Wildman–Crippen LogP) is 2.77. The fraction of sp³-hybridized carbons (Fsp3) is 0.421. The first-order chi connectivity index (χ1) is 12.5. The molecule has 0 unspecified atom stereocenters. The Morgan fingerprint density at radius 1 is 1.04 bits per heavy atom. The minimum absolute atomic E-state index is 0.0547. The van der Waals surface area contributed by atoms with Crippen molar-refractivity contribution in [1.29, 1.82) is 0 Å². The Labute approximate surface area is 150 Å². The molecule has 0 atom stereocenters. The van der Waals surface area contributed by atoms with Crippen LogP contribution in [0.5, 0.6) is 0 Å². The van der Waals surface area contributed by atoms with Gasteiger partial charge in [0.15, 0.2) is 0 Å². The molecule has 1 aromatic heterocycles. The molecule has 5 nitrogen and oxygen atoms in total. The van der Waals surface area contributed by atoms with Gasteiger partial charge in [-0.2, -0.15) is 0 Å². The van der Waals surface area contributed by atoms with Gasteiger partial charge >= 0.3 is 0 Å². The van der Waals surface area contributed by atoms with Crippen molar-refractivity contribution in [3.05, 3.63) is 53.9 Å². The van der Waals surface area contributed by atoms with Crippen LogP contribution in [0.1, 0.15) is 24.8 Å². The van der Waals surface area contributed by atoms with Crippen molar-refractivity contribution in [3.63, 3.8) is 0 Å². The van der Waals surface area contributed by atoms with E-state index in [9.17, 15) is 13.6 Å². The highest BCUT2D eigenvalue weighted by Gasteiger charge is 2.45. The Morgan fingerprint density at radius 3 is 2.35 bits per heavy atom. The van der Waals surface area contributed by atoms with Gasteiger partial charge < -0.3 is 9.80 Å². The van der Waals surface area contributed by atoms with E-state index in [1.54, 1.807) is 23.4 Å². The zero-order valence-corrected chi connectivity index (χ0v) is 14.4. The molecule has 2 aromatic rings. The second kappa shape index (κ2) is 6.63. The molecule has 1 amide bonds. The van der Waals surface area contributed by atoms with Crippen molar-refractivity contribution in [2.75, 3.05) is 24.5 Å². The fourth-order valence-electron chi connectivity index (χ4n) is 4.02. The summed E-state index contributed by atoms with van der Waals surface area (Å²) in [6.07, 6.45) is 5.71. The van der Waals surface area contributed by atoms with E-state index >= 15 is 0 Å². The summed E-state index contributed by atoms with van der Waals surface area (Å²) in [4.78, 5) is 24.9. The molecule has 0 bridgehead atoms. The van der Waals surface area contributed by atoms with Crippen LogP contribution in [-0.2, 0) is 11.3 Å². The number of hydrogen-bond acceptors (Lipinski definition) is 4. The van der Waals surface area contributed by atoms with Gasteiger partial charge in [0, 0.05) is 56.5 Å². The third kappa shape index (κ3) is 3.38. The number of benzene rings is 1. The molecule has 0 aliphatic carbocycles. The highest BCUT2D eigenvalue weighted by molar-refractivity contribution is 5.79. The number of likely N-dealkylation sites (tertiary alicyclic amines) is 1. The highest BCUT2D eigenvalue weighted by Crippen LogP contribution is 2.42. The summed E-state index contributed by atoms with van der Waals surface area (Å²) in [7, 11) is 0. The van der Waals surface area contributed by atoms with Gasteiger partial charge in [-0.15, -0.1) is 0 Å². The zero-order chi connectivity index (χ0) is 18.1. The number of rotatable bonds is 3. The molecule has 3 heterocycles. The number of anilines is 1. The van der Waals surface area contributed by atoms with Gasteiger partial charge in [-0.1, -0.05) is 0 Å². The number of aromatic nitrogens is 2. The predicted molar refractivity (Wildman–Crippen MR) is 92.3 cm³/mol. The van der Waals surface area contributed by atoms with Crippen LogP contribution in [0.4, 0.5) is 14.7 Å². The molecule has 2 aliphatic heterocycles. The van der Waals surface area contributed by atoms with Crippen LogP contribution in [0, 0.1) is 17.0 Å². The number of carbonyl (C=O) groups excluding carboxylic acids is 1. The van der Waals surface area contributed by atoms with E-state index in [4.69, 9.17) is 0 Å². The standard InChI is InChI=1S/C19H20F2N4O/c20-15-8-14(9-16(21)10-15)12-25-13-19(11-17(25)26)2-6-24(7-3-19)18-22-4-1-5-23-18/h1,4-5,8-10H,2-3,6-7,11-13H2. The van der Waals surface area contributed by atoms with E-state index in [0.717, 1.165) is 37.9 Å². The van der Waals surface area contributed by atoms with Crippen molar-refractivity contribution >= 4 is 11.9 Å². The monoisotopic (exact) mass is 358 g/mol. The molecular formula is C19H20F2N4O. The van der Waals surface area contributed by atoms with Gasteiger partial charge in [0.05, 0.1) is 0 Å². The van der Waals surface area contributed by atoms with Gasteiger partial charge in [-0.25, -0.2) is 18.7 Å². The zero-order valence-electron chi connectivity index (χ0n) is 14.4. The topological polar surface area (TPSA) is 49.3 Å². The quantitative estimate of drug-likeness (QED) is 0.847. The largest absolute Gasteiger partial charge is 0.341 e. The van der Waals surface area contributed by atoms with E-state index < -0.39 is 11.6 Å². The first kappa shape index (κ1) is 16.9. The Hall–Kier alpha value is -2.57. The lowest BCUT2D eigenvalue weighted by molar-refractivity contribution is -0.128. The Bertz CT molecular complexity index is 786. The molecule has 2 aliphatic rings. The van der Waals surface area contributed by atoms with Gasteiger partial charge in [0.1, 0.15) is 11.6 Å². The van der Waals surface area contributed by atoms with Crippen LogP contribution in [0.25, 0.3) is 0 Å². The maximum absolute atomic E-state index is 13.4. The van der Waals surface area contributed by atoms with E-state index in [1.165, 1.54) is 12.1 Å². The first-order valence-electron chi connectivity index (χ1n) is 8.78. The van der Waals surface area contributed by atoms with Crippen LogP contribution in [-0.4, -0.2) is 40.4 Å². The molecule has 0 N–H and O–H groups in total. The van der Waals surface area contributed by atoms with E-state index in [0.29, 0.717) is 18.5 Å². The van der Waals surface area contributed by atoms with Gasteiger partial charge in [0.25, 0.3) is 0 Å².